The van der Waals surface area contributed by atoms with E-state index in [2.05, 4.69) is 19.2 Å². The van der Waals surface area contributed by atoms with Crippen LogP contribution in [0.5, 0.6) is 5.75 Å². The Morgan fingerprint density at radius 2 is 1.64 bits per heavy atom. The highest BCUT2D eigenvalue weighted by atomic mass is 16.5. The number of para-hydroxylation sites is 1. The number of rotatable bonds is 10. The van der Waals surface area contributed by atoms with Gasteiger partial charge in [-0.15, -0.1) is 0 Å². The van der Waals surface area contributed by atoms with E-state index in [1.165, 1.54) is 0 Å². The van der Waals surface area contributed by atoms with E-state index in [-0.39, 0.29) is 17.7 Å². The normalized spacial score (nSPS) is 19.1. The third-order valence-electron chi connectivity index (χ3n) is 5.63. The number of methoxy groups -OCH3 is 1. The Kier molecular flexibility index (Phi) is 9.32. The lowest BCUT2D eigenvalue weighted by atomic mass is 9.81. The van der Waals surface area contributed by atoms with E-state index in [0.717, 1.165) is 69.3 Å². The van der Waals surface area contributed by atoms with Gasteiger partial charge < -0.3 is 15.0 Å². The molecule has 0 heterocycles. The Morgan fingerprint density at radius 1 is 1.04 bits per heavy atom. The number of carbonyl (C=O) groups is 2. The molecule has 1 N–H and O–H groups in total. The molecular weight excluding hydrogens is 352 g/mol. The minimum atomic E-state index is 0.0347. The summed E-state index contributed by atoms with van der Waals surface area (Å²) in [6, 6.07) is 7.90. The van der Waals surface area contributed by atoms with E-state index in [0.29, 0.717) is 12.5 Å². The molecule has 5 nitrogen and oxygen atoms in total. The maximum Gasteiger partial charge on any atom is 0.225 e. The number of nitrogens with one attached hydrogen (secondary N) is 1. The molecule has 0 aromatic heterocycles. The summed E-state index contributed by atoms with van der Waals surface area (Å²) in [5.41, 5.74) is 1.10. The SMILES string of the molecule is CCCN(CCC)C(=O)C1CCC(C(=O)NCCc2ccccc2OC)CC1. The van der Waals surface area contributed by atoms with Gasteiger partial charge in [-0.3, -0.25) is 9.59 Å². The third kappa shape index (κ3) is 6.25. The molecule has 1 saturated carbocycles. The first-order valence-electron chi connectivity index (χ1n) is 10.8. The zero-order valence-electron chi connectivity index (χ0n) is 17.7. The fraction of sp³-hybridized carbons (Fsp3) is 0.652. The van der Waals surface area contributed by atoms with Gasteiger partial charge in [0.1, 0.15) is 5.75 Å². The summed E-state index contributed by atoms with van der Waals surface area (Å²) >= 11 is 0. The van der Waals surface area contributed by atoms with Crippen molar-refractivity contribution in [2.24, 2.45) is 11.8 Å². The summed E-state index contributed by atoms with van der Waals surface area (Å²) in [6.07, 6.45) is 6.02. The van der Waals surface area contributed by atoms with Gasteiger partial charge in [0.2, 0.25) is 11.8 Å². The first kappa shape index (κ1) is 22.3. The van der Waals surface area contributed by atoms with Gasteiger partial charge in [-0.2, -0.15) is 0 Å². The average molecular weight is 389 g/mol. The van der Waals surface area contributed by atoms with Gasteiger partial charge in [0.25, 0.3) is 0 Å². The largest absolute Gasteiger partial charge is 0.496 e. The van der Waals surface area contributed by atoms with E-state index < -0.39 is 0 Å². The summed E-state index contributed by atoms with van der Waals surface area (Å²) in [5, 5.41) is 3.07. The molecule has 0 bridgehead atoms. The number of carbonyl (C=O) groups excluding carboxylic acids is 2. The standard InChI is InChI=1S/C23H36N2O3/c1-4-16-25(17-5-2)23(27)20-12-10-19(11-13-20)22(26)24-15-14-18-8-6-7-9-21(18)28-3/h6-9,19-20H,4-5,10-17H2,1-3H3,(H,24,26). The minimum Gasteiger partial charge on any atom is -0.496 e. The highest BCUT2D eigenvalue weighted by molar-refractivity contribution is 5.81. The molecular formula is C23H36N2O3. The molecule has 0 saturated heterocycles. The van der Waals surface area contributed by atoms with E-state index in [4.69, 9.17) is 4.74 Å². The zero-order valence-corrected chi connectivity index (χ0v) is 17.7. The van der Waals surface area contributed by atoms with Crippen LogP contribution in [0.3, 0.4) is 0 Å². The minimum absolute atomic E-state index is 0.0347. The number of benzene rings is 1. The number of amides is 2. The maximum absolute atomic E-state index is 12.8. The van der Waals surface area contributed by atoms with Gasteiger partial charge in [0, 0.05) is 31.5 Å². The molecule has 0 aliphatic heterocycles. The van der Waals surface area contributed by atoms with Crippen LogP contribution < -0.4 is 10.1 Å². The predicted octanol–water partition coefficient (Wildman–Crippen LogP) is 3.81. The fourth-order valence-corrected chi connectivity index (χ4v) is 4.11. The van der Waals surface area contributed by atoms with Crippen LogP contribution in [0.15, 0.2) is 24.3 Å². The molecule has 28 heavy (non-hydrogen) atoms. The van der Waals surface area contributed by atoms with Crippen molar-refractivity contribution in [2.45, 2.75) is 58.8 Å². The molecule has 0 unspecified atom stereocenters. The molecule has 1 aliphatic rings. The lowest BCUT2D eigenvalue weighted by molar-refractivity contribution is -0.138. The van der Waals surface area contributed by atoms with E-state index in [1.54, 1.807) is 7.11 Å². The second kappa shape index (κ2) is 11.7. The number of ether oxygens (including phenoxy) is 1. The quantitative estimate of drug-likeness (QED) is 0.663. The smallest absolute Gasteiger partial charge is 0.225 e. The molecule has 0 radical (unpaired) electrons. The molecule has 1 aliphatic carbocycles. The Morgan fingerprint density at radius 3 is 2.25 bits per heavy atom. The first-order valence-corrected chi connectivity index (χ1v) is 10.8. The van der Waals surface area contributed by atoms with Gasteiger partial charge in [0.05, 0.1) is 7.11 Å². The summed E-state index contributed by atoms with van der Waals surface area (Å²) in [6.45, 7) is 6.52. The van der Waals surface area contributed by atoms with Gasteiger partial charge in [-0.05, 0) is 56.6 Å². The van der Waals surface area contributed by atoms with Gasteiger partial charge in [-0.25, -0.2) is 0 Å². The van der Waals surface area contributed by atoms with E-state index in [1.807, 2.05) is 29.2 Å². The second-order valence-electron chi connectivity index (χ2n) is 7.73. The van der Waals surface area contributed by atoms with Crippen molar-refractivity contribution in [3.63, 3.8) is 0 Å². The summed E-state index contributed by atoms with van der Waals surface area (Å²) in [5.74, 6) is 1.40. The fourth-order valence-electron chi connectivity index (χ4n) is 4.11. The summed E-state index contributed by atoms with van der Waals surface area (Å²) in [4.78, 5) is 27.3. The number of hydrogen-bond acceptors (Lipinski definition) is 3. The topological polar surface area (TPSA) is 58.6 Å². The molecule has 156 valence electrons. The lowest BCUT2D eigenvalue weighted by Gasteiger charge is -2.31. The Labute approximate surface area is 169 Å². The molecule has 2 rings (SSSR count). The first-order chi connectivity index (χ1) is 13.6. The van der Waals surface area contributed by atoms with Crippen LogP contribution in [-0.4, -0.2) is 43.5 Å². The highest BCUT2D eigenvalue weighted by Crippen LogP contribution is 2.30. The molecule has 1 aromatic rings. The van der Waals surface area contributed by atoms with Crippen molar-refractivity contribution in [3.8, 4) is 5.75 Å². The summed E-state index contributed by atoms with van der Waals surface area (Å²) in [7, 11) is 1.67. The molecule has 2 amide bonds. The zero-order chi connectivity index (χ0) is 20.4. The average Bonchev–Trinajstić information content (AvgIpc) is 2.73. The van der Waals surface area contributed by atoms with Crippen molar-refractivity contribution in [1.82, 2.24) is 10.2 Å². The Balaban J connectivity index is 1.76. The van der Waals surface area contributed by atoms with Crippen LogP contribution in [-0.2, 0) is 16.0 Å². The van der Waals surface area contributed by atoms with Crippen LogP contribution in [0.2, 0.25) is 0 Å². The van der Waals surface area contributed by atoms with Crippen LogP contribution >= 0.6 is 0 Å². The van der Waals surface area contributed by atoms with Crippen molar-refractivity contribution >= 4 is 11.8 Å². The molecule has 0 spiro atoms. The lowest BCUT2D eigenvalue weighted by Crippen LogP contribution is -2.40. The molecule has 1 fully saturated rings. The van der Waals surface area contributed by atoms with Crippen molar-refractivity contribution in [3.05, 3.63) is 29.8 Å². The maximum atomic E-state index is 12.8. The van der Waals surface area contributed by atoms with Crippen molar-refractivity contribution in [1.29, 1.82) is 0 Å². The van der Waals surface area contributed by atoms with Crippen molar-refractivity contribution in [2.75, 3.05) is 26.7 Å². The monoisotopic (exact) mass is 388 g/mol. The summed E-state index contributed by atoms with van der Waals surface area (Å²) < 4.78 is 5.36. The van der Waals surface area contributed by atoms with Crippen molar-refractivity contribution < 1.29 is 14.3 Å². The predicted molar refractivity (Wildman–Crippen MR) is 112 cm³/mol. The van der Waals surface area contributed by atoms with Crippen LogP contribution in [0, 0.1) is 11.8 Å². The van der Waals surface area contributed by atoms with Gasteiger partial charge in [-0.1, -0.05) is 32.0 Å². The molecule has 1 aromatic carbocycles. The van der Waals surface area contributed by atoms with Crippen LogP contribution in [0.1, 0.15) is 57.9 Å². The molecule has 5 heteroatoms. The number of hydrogen-bond donors (Lipinski definition) is 1. The van der Waals surface area contributed by atoms with Gasteiger partial charge in [0.15, 0.2) is 0 Å². The van der Waals surface area contributed by atoms with E-state index in [9.17, 15) is 9.59 Å². The number of nitrogens with zero attached hydrogens (tertiary/aromatic N) is 1. The second-order valence-corrected chi connectivity index (χ2v) is 7.73. The van der Waals surface area contributed by atoms with Crippen LogP contribution in [0.4, 0.5) is 0 Å². The Hall–Kier alpha value is -2.04. The van der Waals surface area contributed by atoms with Gasteiger partial charge >= 0.3 is 0 Å². The Bertz CT molecular complexity index is 618. The highest BCUT2D eigenvalue weighted by Gasteiger charge is 2.31. The van der Waals surface area contributed by atoms with Crippen LogP contribution in [0.25, 0.3) is 0 Å². The molecule has 0 atom stereocenters. The third-order valence-corrected chi connectivity index (χ3v) is 5.63. The van der Waals surface area contributed by atoms with E-state index >= 15 is 0 Å².